The fourth-order valence-electron chi connectivity index (χ4n) is 2.92. The maximum absolute atomic E-state index is 9.59. The van der Waals surface area contributed by atoms with E-state index in [1.54, 1.807) is 4.88 Å². The van der Waals surface area contributed by atoms with E-state index in [4.69, 9.17) is 0 Å². The quantitative estimate of drug-likeness (QED) is 0.798. The Kier molecular flexibility index (Phi) is 2.93. The van der Waals surface area contributed by atoms with Crippen molar-refractivity contribution in [1.29, 1.82) is 0 Å². The van der Waals surface area contributed by atoms with Gasteiger partial charge in [-0.3, -0.25) is 0 Å². The Hall–Kier alpha value is -0.860. The molecule has 17 heavy (non-hydrogen) atoms. The Bertz CT molecular complexity index is 521. The summed E-state index contributed by atoms with van der Waals surface area (Å²) in [5.41, 5.74) is 1.46. The Morgan fingerprint density at radius 2 is 1.82 bits per heavy atom. The second kappa shape index (κ2) is 4.43. The molecule has 1 N–H and O–H groups in total. The predicted molar refractivity (Wildman–Crippen MR) is 73.8 cm³/mol. The van der Waals surface area contributed by atoms with Gasteiger partial charge < -0.3 is 5.11 Å². The Balaban J connectivity index is 1.97. The summed E-state index contributed by atoms with van der Waals surface area (Å²) in [7, 11) is 0. The first-order chi connectivity index (χ1) is 8.25. The summed E-state index contributed by atoms with van der Waals surface area (Å²) in [5.74, 6) is 0.677. The summed E-state index contributed by atoms with van der Waals surface area (Å²) in [6.45, 7) is 2.25. The average Bonchev–Trinajstić information content (AvgIpc) is 2.69. The number of rotatable bonds is 1. The lowest BCUT2D eigenvalue weighted by atomic mass is 9.85. The monoisotopic (exact) mass is 246 g/mol. The number of aliphatic hydroxyl groups excluding tert-OH is 1. The lowest BCUT2D eigenvalue weighted by molar-refractivity contribution is 0.123. The van der Waals surface area contributed by atoms with Crippen LogP contribution in [0.3, 0.4) is 0 Å². The second-order valence-corrected chi connectivity index (χ2v) is 6.18. The molecule has 0 unspecified atom stereocenters. The first-order valence-corrected chi connectivity index (χ1v) is 7.23. The zero-order valence-electron chi connectivity index (χ0n) is 10.1. The molecule has 0 bridgehead atoms. The van der Waals surface area contributed by atoms with E-state index < -0.39 is 0 Å². The summed E-state index contributed by atoms with van der Waals surface area (Å²) in [5, 5.41) is 11.0. The largest absolute Gasteiger partial charge is 0.393 e. The molecule has 1 aromatic heterocycles. The van der Waals surface area contributed by atoms with E-state index in [9.17, 15) is 5.11 Å². The molecule has 1 saturated carbocycles. The summed E-state index contributed by atoms with van der Waals surface area (Å²) >= 11 is 1.95. The van der Waals surface area contributed by atoms with Crippen LogP contribution in [-0.4, -0.2) is 11.2 Å². The zero-order valence-corrected chi connectivity index (χ0v) is 11.0. The minimum Gasteiger partial charge on any atom is -0.393 e. The van der Waals surface area contributed by atoms with E-state index in [0.717, 1.165) is 25.7 Å². The van der Waals surface area contributed by atoms with Crippen LogP contribution in [0.15, 0.2) is 24.3 Å². The van der Waals surface area contributed by atoms with Gasteiger partial charge in [-0.15, -0.1) is 11.3 Å². The van der Waals surface area contributed by atoms with Crippen molar-refractivity contribution in [2.45, 2.75) is 44.6 Å². The van der Waals surface area contributed by atoms with E-state index in [-0.39, 0.29) is 6.10 Å². The number of hydrogen-bond acceptors (Lipinski definition) is 2. The molecule has 1 aromatic carbocycles. The van der Waals surface area contributed by atoms with Gasteiger partial charge in [-0.2, -0.15) is 0 Å². The molecule has 1 fully saturated rings. The SMILES string of the molecule is Cc1c(C2CCC(O)CC2)sc2ccccc12. The molecule has 0 atom stereocenters. The Morgan fingerprint density at radius 1 is 1.12 bits per heavy atom. The van der Waals surface area contributed by atoms with Crippen LogP contribution < -0.4 is 0 Å². The maximum Gasteiger partial charge on any atom is 0.0540 e. The van der Waals surface area contributed by atoms with Crippen LogP contribution in [0, 0.1) is 6.92 Å². The summed E-state index contributed by atoms with van der Waals surface area (Å²) in [6, 6.07) is 8.68. The second-order valence-electron chi connectivity index (χ2n) is 5.09. The van der Waals surface area contributed by atoms with E-state index in [1.165, 1.54) is 15.6 Å². The highest BCUT2D eigenvalue weighted by Gasteiger charge is 2.24. The van der Waals surface area contributed by atoms with Crippen molar-refractivity contribution in [3.63, 3.8) is 0 Å². The average molecular weight is 246 g/mol. The van der Waals surface area contributed by atoms with E-state index >= 15 is 0 Å². The summed E-state index contributed by atoms with van der Waals surface area (Å²) in [4.78, 5) is 1.55. The van der Waals surface area contributed by atoms with Crippen LogP contribution in [-0.2, 0) is 0 Å². The molecule has 1 heterocycles. The van der Waals surface area contributed by atoms with E-state index in [2.05, 4.69) is 31.2 Å². The van der Waals surface area contributed by atoms with Crippen LogP contribution in [0.25, 0.3) is 10.1 Å². The van der Waals surface area contributed by atoms with Gasteiger partial charge in [0.2, 0.25) is 0 Å². The molecule has 1 aliphatic rings. The van der Waals surface area contributed by atoms with Gasteiger partial charge in [0.05, 0.1) is 6.10 Å². The van der Waals surface area contributed by atoms with Crippen molar-refractivity contribution in [3.05, 3.63) is 34.7 Å². The van der Waals surface area contributed by atoms with Gasteiger partial charge in [0.25, 0.3) is 0 Å². The molecule has 0 aliphatic heterocycles. The molecule has 3 rings (SSSR count). The van der Waals surface area contributed by atoms with Gasteiger partial charge in [-0.25, -0.2) is 0 Å². The molecule has 2 aromatic rings. The van der Waals surface area contributed by atoms with Crippen molar-refractivity contribution in [2.24, 2.45) is 0 Å². The van der Waals surface area contributed by atoms with Crippen molar-refractivity contribution >= 4 is 21.4 Å². The smallest absolute Gasteiger partial charge is 0.0540 e. The number of fused-ring (bicyclic) bond motifs is 1. The van der Waals surface area contributed by atoms with Crippen molar-refractivity contribution in [3.8, 4) is 0 Å². The highest BCUT2D eigenvalue weighted by Crippen LogP contribution is 2.41. The predicted octanol–water partition coefficient (Wildman–Crippen LogP) is 4.23. The van der Waals surface area contributed by atoms with Gasteiger partial charge in [0, 0.05) is 9.58 Å². The number of aryl methyl sites for hydroxylation is 1. The van der Waals surface area contributed by atoms with Crippen LogP contribution in [0.5, 0.6) is 0 Å². The first kappa shape index (κ1) is 11.2. The highest BCUT2D eigenvalue weighted by atomic mass is 32.1. The number of benzene rings is 1. The fraction of sp³-hybridized carbons (Fsp3) is 0.467. The Labute approximate surface area is 106 Å². The lowest BCUT2D eigenvalue weighted by Crippen LogP contribution is -2.16. The molecule has 0 saturated heterocycles. The van der Waals surface area contributed by atoms with Crippen LogP contribution in [0.4, 0.5) is 0 Å². The number of hydrogen-bond donors (Lipinski definition) is 1. The van der Waals surface area contributed by atoms with Gasteiger partial charge >= 0.3 is 0 Å². The van der Waals surface area contributed by atoms with E-state index in [0.29, 0.717) is 5.92 Å². The van der Waals surface area contributed by atoms with Gasteiger partial charge in [-0.1, -0.05) is 18.2 Å². The molecule has 0 radical (unpaired) electrons. The van der Waals surface area contributed by atoms with Crippen molar-refractivity contribution < 1.29 is 5.11 Å². The van der Waals surface area contributed by atoms with Crippen LogP contribution >= 0.6 is 11.3 Å². The number of thiophene rings is 1. The third-order valence-electron chi connectivity index (χ3n) is 3.95. The van der Waals surface area contributed by atoms with E-state index in [1.807, 2.05) is 11.3 Å². The zero-order chi connectivity index (χ0) is 11.8. The molecule has 1 aliphatic carbocycles. The maximum atomic E-state index is 9.59. The molecule has 2 heteroatoms. The van der Waals surface area contributed by atoms with Gasteiger partial charge in [0.15, 0.2) is 0 Å². The third kappa shape index (κ3) is 2.00. The molecule has 0 amide bonds. The molecule has 0 spiro atoms. The third-order valence-corrected chi connectivity index (χ3v) is 5.38. The topological polar surface area (TPSA) is 20.2 Å². The minimum atomic E-state index is -0.0547. The molecule has 1 nitrogen and oxygen atoms in total. The van der Waals surface area contributed by atoms with Gasteiger partial charge in [0.1, 0.15) is 0 Å². The number of aliphatic hydroxyl groups is 1. The Morgan fingerprint density at radius 3 is 2.53 bits per heavy atom. The highest BCUT2D eigenvalue weighted by molar-refractivity contribution is 7.19. The van der Waals surface area contributed by atoms with Crippen molar-refractivity contribution in [2.75, 3.05) is 0 Å². The lowest BCUT2D eigenvalue weighted by Gasteiger charge is -2.25. The molecule has 90 valence electrons. The van der Waals surface area contributed by atoms with Crippen molar-refractivity contribution in [1.82, 2.24) is 0 Å². The standard InChI is InChI=1S/C15H18OS/c1-10-13-4-2-3-5-14(13)17-15(10)11-6-8-12(16)9-7-11/h2-5,11-12,16H,6-9H2,1H3. The van der Waals surface area contributed by atoms with Gasteiger partial charge in [-0.05, 0) is 55.5 Å². The van der Waals surface area contributed by atoms with Crippen LogP contribution in [0.1, 0.15) is 42.0 Å². The van der Waals surface area contributed by atoms with Crippen LogP contribution in [0.2, 0.25) is 0 Å². The molecular weight excluding hydrogens is 228 g/mol. The normalized spacial score (nSPS) is 25.3. The molecular formula is C15H18OS. The first-order valence-electron chi connectivity index (χ1n) is 6.42. The fourth-order valence-corrected chi connectivity index (χ4v) is 4.30. The summed E-state index contributed by atoms with van der Waals surface area (Å²) < 4.78 is 1.41. The minimum absolute atomic E-state index is 0.0547. The summed E-state index contributed by atoms with van der Waals surface area (Å²) in [6.07, 6.45) is 4.18.